The van der Waals surface area contributed by atoms with Crippen LogP contribution in [0.1, 0.15) is 46.0 Å². The first-order valence-electron chi connectivity index (χ1n) is 7.65. The van der Waals surface area contributed by atoms with E-state index < -0.39 is 12.0 Å². The third-order valence-electron chi connectivity index (χ3n) is 4.67. The highest BCUT2D eigenvalue weighted by Crippen LogP contribution is 2.35. The molecule has 0 aromatic heterocycles. The molecule has 0 radical (unpaired) electrons. The van der Waals surface area contributed by atoms with E-state index in [1.165, 1.54) is 11.3 Å². The van der Waals surface area contributed by atoms with Gasteiger partial charge in [-0.1, -0.05) is 20.3 Å². The van der Waals surface area contributed by atoms with Crippen LogP contribution in [0.15, 0.2) is 0 Å². The van der Waals surface area contributed by atoms with Crippen molar-refractivity contribution >= 4 is 12.0 Å². The molecule has 6 nitrogen and oxygen atoms in total. The van der Waals surface area contributed by atoms with Crippen molar-refractivity contribution in [3.8, 4) is 0 Å². The zero-order valence-corrected chi connectivity index (χ0v) is 13.1. The van der Waals surface area contributed by atoms with Gasteiger partial charge in [-0.25, -0.2) is 9.59 Å². The van der Waals surface area contributed by atoms with Crippen molar-refractivity contribution in [3.05, 3.63) is 0 Å². The maximum Gasteiger partial charge on any atom is 0.326 e. The van der Waals surface area contributed by atoms with Gasteiger partial charge in [-0.15, -0.1) is 0 Å². The lowest BCUT2D eigenvalue weighted by atomic mass is 9.75. The summed E-state index contributed by atoms with van der Waals surface area (Å²) in [7, 11) is 1.55. The number of methoxy groups -OCH3 is 1. The van der Waals surface area contributed by atoms with Crippen molar-refractivity contribution < 1.29 is 19.4 Å². The van der Waals surface area contributed by atoms with Gasteiger partial charge in [0, 0.05) is 26.1 Å². The summed E-state index contributed by atoms with van der Waals surface area (Å²) in [6, 6.07) is -0.923. The molecular weight excluding hydrogens is 272 g/mol. The Balaban J connectivity index is 1.97. The topological polar surface area (TPSA) is 78.9 Å². The fourth-order valence-corrected chi connectivity index (χ4v) is 3.51. The number of amides is 2. The van der Waals surface area contributed by atoms with Gasteiger partial charge in [0.1, 0.15) is 6.04 Å². The zero-order chi connectivity index (χ0) is 15.6. The SMILES string of the molecule is COC1CC(C(=O)O)N(C(=O)NC2CCCC(C)(C)C2)C1. The van der Waals surface area contributed by atoms with E-state index >= 15 is 0 Å². The van der Waals surface area contributed by atoms with E-state index in [4.69, 9.17) is 4.74 Å². The van der Waals surface area contributed by atoms with E-state index in [9.17, 15) is 14.7 Å². The van der Waals surface area contributed by atoms with Crippen LogP contribution < -0.4 is 5.32 Å². The molecule has 21 heavy (non-hydrogen) atoms. The minimum atomic E-state index is -0.964. The summed E-state index contributed by atoms with van der Waals surface area (Å²) in [5.41, 5.74) is 0.239. The summed E-state index contributed by atoms with van der Waals surface area (Å²) in [4.78, 5) is 25.1. The van der Waals surface area contributed by atoms with Gasteiger partial charge < -0.3 is 20.1 Å². The van der Waals surface area contributed by atoms with E-state index in [1.54, 1.807) is 7.11 Å². The van der Waals surface area contributed by atoms with E-state index in [2.05, 4.69) is 19.2 Å². The summed E-state index contributed by atoms with van der Waals surface area (Å²) < 4.78 is 5.21. The molecule has 0 bridgehead atoms. The van der Waals surface area contributed by atoms with Crippen LogP contribution in [0.4, 0.5) is 4.79 Å². The van der Waals surface area contributed by atoms with Crippen LogP contribution in [0.2, 0.25) is 0 Å². The number of nitrogens with one attached hydrogen (secondary N) is 1. The third-order valence-corrected chi connectivity index (χ3v) is 4.67. The highest BCUT2D eigenvalue weighted by Gasteiger charge is 2.40. The largest absolute Gasteiger partial charge is 0.480 e. The fraction of sp³-hybridized carbons (Fsp3) is 0.867. The Morgan fingerprint density at radius 2 is 2.10 bits per heavy atom. The molecule has 1 heterocycles. The van der Waals surface area contributed by atoms with Crippen molar-refractivity contribution in [1.29, 1.82) is 0 Å². The molecule has 0 spiro atoms. The van der Waals surface area contributed by atoms with Gasteiger partial charge in [0.05, 0.1) is 6.10 Å². The van der Waals surface area contributed by atoms with Gasteiger partial charge >= 0.3 is 12.0 Å². The van der Waals surface area contributed by atoms with Crippen molar-refractivity contribution in [2.45, 2.75) is 64.1 Å². The average Bonchev–Trinajstić information content (AvgIpc) is 2.81. The third kappa shape index (κ3) is 3.87. The van der Waals surface area contributed by atoms with Gasteiger partial charge in [0.15, 0.2) is 0 Å². The number of ether oxygens (including phenoxy) is 1. The molecule has 2 N–H and O–H groups in total. The zero-order valence-electron chi connectivity index (χ0n) is 13.1. The molecule has 1 saturated heterocycles. The Morgan fingerprint density at radius 1 is 1.38 bits per heavy atom. The van der Waals surface area contributed by atoms with Crippen LogP contribution >= 0.6 is 0 Å². The average molecular weight is 298 g/mol. The molecule has 120 valence electrons. The molecular formula is C15H26N2O4. The van der Waals surface area contributed by atoms with E-state index in [0.29, 0.717) is 13.0 Å². The summed E-state index contributed by atoms with van der Waals surface area (Å²) in [6.07, 6.45) is 4.34. The second kappa shape index (κ2) is 6.22. The van der Waals surface area contributed by atoms with Gasteiger partial charge in [-0.2, -0.15) is 0 Å². The van der Waals surface area contributed by atoms with Crippen LogP contribution in [0.3, 0.4) is 0 Å². The molecule has 2 aliphatic rings. The lowest BCUT2D eigenvalue weighted by Gasteiger charge is -2.36. The van der Waals surface area contributed by atoms with Crippen molar-refractivity contribution in [1.82, 2.24) is 10.2 Å². The van der Waals surface area contributed by atoms with E-state index in [-0.39, 0.29) is 23.6 Å². The number of nitrogens with zero attached hydrogens (tertiary/aromatic N) is 1. The molecule has 1 aliphatic carbocycles. The van der Waals surface area contributed by atoms with Crippen molar-refractivity contribution in [2.75, 3.05) is 13.7 Å². The molecule has 2 rings (SSSR count). The molecule has 2 fully saturated rings. The van der Waals surface area contributed by atoms with Crippen molar-refractivity contribution in [3.63, 3.8) is 0 Å². The standard InChI is InChI=1S/C15H26N2O4/c1-15(2)6-4-5-10(8-15)16-14(20)17-9-11(21-3)7-12(17)13(18)19/h10-12H,4-9H2,1-3H3,(H,16,20)(H,18,19). The predicted octanol–water partition coefficient (Wildman–Crippen LogP) is 1.84. The molecule has 0 aromatic rings. The quantitative estimate of drug-likeness (QED) is 0.833. The summed E-state index contributed by atoms with van der Waals surface area (Å²) >= 11 is 0. The Morgan fingerprint density at radius 3 is 2.67 bits per heavy atom. The normalized spacial score (nSPS) is 32.0. The Kier molecular flexibility index (Phi) is 4.76. The fourth-order valence-electron chi connectivity index (χ4n) is 3.51. The minimum absolute atomic E-state index is 0.136. The number of hydrogen-bond donors (Lipinski definition) is 2. The first kappa shape index (κ1) is 16.1. The first-order chi connectivity index (χ1) is 9.82. The Labute approximate surface area is 125 Å². The predicted molar refractivity (Wildman–Crippen MR) is 78.1 cm³/mol. The number of carbonyl (C=O) groups excluding carboxylic acids is 1. The maximum atomic E-state index is 12.4. The number of aliphatic carboxylic acids is 1. The van der Waals surface area contributed by atoms with Crippen molar-refractivity contribution in [2.24, 2.45) is 5.41 Å². The van der Waals surface area contributed by atoms with Gasteiger partial charge in [0.25, 0.3) is 0 Å². The molecule has 6 heteroatoms. The Hall–Kier alpha value is -1.30. The van der Waals surface area contributed by atoms with Crippen LogP contribution in [-0.4, -0.2) is 53.8 Å². The summed E-state index contributed by atoms with van der Waals surface area (Å²) in [5, 5.41) is 12.3. The molecule has 0 aromatic carbocycles. The maximum absolute atomic E-state index is 12.4. The number of urea groups is 1. The number of rotatable bonds is 3. The van der Waals surface area contributed by atoms with E-state index in [0.717, 1.165) is 19.3 Å². The lowest BCUT2D eigenvalue weighted by Crippen LogP contribution is -2.50. The summed E-state index contributed by atoms with van der Waals surface area (Å²) in [6.45, 7) is 4.76. The number of carboxylic acids is 1. The number of hydrogen-bond acceptors (Lipinski definition) is 3. The molecule has 1 aliphatic heterocycles. The summed E-state index contributed by atoms with van der Waals surface area (Å²) in [5.74, 6) is -0.964. The smallest absolute Gasteiger partial charge is 0.326 e. The van der Waals surface area contributed by atoms with Gasteiger partial charge in [0.2, 0.25) is 0 Å². The second-order valence-electron chi connectivity index (χ2n) is 7.01. The second-order valence-corrected chi connectivity index (χ2v) is 7.01. The highest BCUT2D eigenvalue weighted by atomic mass is 16.5. The number of carbonyl (C=O) groups is 2. The van der Waals surface area contributed by atoms with Gasteiger partial charge in [-0.3, -0.25) is 0 Å². The molecule has 1 saturated carbocycles. The van der Waals surface area contributed by atoms with E-state index in [1.807, 2.05) is 0 Å². The van der Waals surface area contributed by atoms with Crippen LogP contribution in [0.25, 0.3) is 0 Å². The first-order valence-corrected chi connectivity index (χ1v) is 7.65. The number of carboxylic acid groups (broad SMARTS) is 1. The van der Waals surface area contributed by atoms with Crippen LogP contribution in [-0.2, 0) is 9.53 Å². The molecule has 3 unspecified atom stereocenters. The van der Waals surface area contributed by atoms with Crippen LogP contribution in [0, 0.1) is 5.41 Å². The van der Waals surface area contributed by atoms with Gasteiger partial charge in [-0.05, 0) is 24.7 Å². The molecule has 3 atom stereocenters. The molecule has 2 amide bonds. The number of likely N-dealkylation sites (tertiary alicyclic amines) is 1. The lowest BCUT2D eigenvalue weighted by molar-refractivity contribution is -0.141. The monoisotopic (exact) mass is 298 g/mol. The minimum Gasteiger partial charge on any atom is -0.480 e. The van der Waals surface area contributed by atoms with Crippen LogP contribution in [0.5, 0.6) is 0 Å². The highest BCUT2D eigenvalue weighted by molar-refractivity contribution is 5.83. The Bertz CT molecular complexity index is 410.